The van der Waals surface area contributed by atoms with Crippen LogP contribution in [0.1, 0.15) is 32.3 Å². The molecule has 0 atom stereocenters. The number of hydrogen-bond acceptors (Lipinski definition) is 4. The highest BCUT2D eigenvalue weighted by atomic mass is 32.2. The molecule has 0 unspecified atom stereocenters. The summed E-state index contributed by atoms with van der Waals surface area (Å²) in [5.74, 6) is -1.09. The van der Waals surface area contributed by atoms with Gasteiger partial charge in [-0.1, -0.05) is 12.1 Å². The lowest BCUT2D eigenvalue weighted by atomic mass is 9.70. The van der Waals surface area contributed by atoms with Gasteiger partial charge in [-0.3, -0.25) is 4.79 Å². The second-order valence-corrected chi connectivity index (χ2v) is 8.62. The molecule has 23 heavy (non-hydrogen) atoms. The van der Waals surface area contributed by atoms with Crippen LogP contribution in [0.5, 0.6) is 0 Å². The molecule has 1 aliphatic heterocycles. The molecule has 2 rings (SSSR count). The number of sulfonamides is 1. The fourth-order valence-corrected chi connectivity index (χ4v) is 4.39. The zero-order valence-corrected chi connectivity index (χ0v) is 14.4. The number of benzene rings is 1. The van der Waals surface area contributed by atoms with Crippen molar-refractivity contribution in [3.63, 3.8) is 0 Å². The molecule has 1 aliphatic rings. The molecule has 128 valence electrons. The molecular formula is C16H23NO5S. The highest BCUT2D eigenvalue weighted by molar-refractivity contribution is 7.89. The lowest BCUT2D eigenvalue weighted by molar-refractivity contribution is -0.169. The van der Waals surface area contributed by atoms with Crippen molar-refractivity contribution in [2.45, 2.75) is 44.1 Å². The Labute approximate surface area is 136 Å². The molecule has 0 radical (unpaired) electrons. The van der Waals surface area contributed by atoms with Gasteiger partial charge < -0.3 is 10.2 Å². The van der Waals surface area contributed by atoms with Gasteiger partial charge in [0.25, 0.3) is 0 Å². The number of aliphatic hydroxyl groups is 1. The van der Waals surface area contributed by atoms with Gasteiger partial charge in [-0.05, 0) is 51.3 Å². The van der Waals surface area contributed by atoms with E-state index in [2.05, 4.69) is 0 Å². The third-order valence-electron chi connectivity index (χ3n) is 4.87. The van der Waals surface area contributed by atoms with Crippen LogP contribution >= 0.6 is 0 Å². The first-order chi connectivity index (χ1) is 10.5. The van der Waals surface area contributed by atoms with Crippen LogP contribution in [0.2, 0.25) is 0 Å². The van der Waals surface area contributed by atoms with Crippen molar-refractivity contribution < 1.29 is 23.4 Å². The quantitative estimate of drug-likeness (QED) is 0.868. The Morgan fingerprint density at radius 1 is 1.26 bits per heavy atom. The summed E-state index contributed by atoms with van der Waals surface area (Å²) in [5.41, 5.74) is -1.89. The molecule has 0 amide bonds. The van der Waals surface area contributed by atoms with E-state index in [4.69, 9.17) is 0 Å². The second-order valence-electron chi connectivity index (χ2n) is 6.68. The average Bonchev–Trinajstić information content (AvgIpc) is 2.47. The maximum Gasteiger partial charge on any atom is 0.312 e. The number of carbonyl (C=O) groups is 1. The van der Waals surface area contributed by atoms with Gasteiger partial charge in [-0.15, -0.1) is 0 Å². The molecule has 1 saturated heterocycles. The van der Waals surface area contributed by atoms with Gasteiger partial charge in [0, 0.05) is 13.1 Å². The number of aryl methyl sites for hydroxylation is 1. The normalized spacial score (nSPS) is 19.5. The highest BCUT2D eigenvalue weighted by Crippen LogP contribution is 2.40. The lowest BCUT2D eigenvalue weighted by Gasteiger charge is -2.45. The van der Waals surface area contributed by atoms with Gasteiger partial charge in [0.2, 0.25) is 10.0 Å². The summed E-state index contributed by atoms with van der Waals surface area (Å²) in [6.07, 6.45) is 0.189. The molecule has 0 saturated carbocycles. The zero-order chi connectivity index (χ0) is 17.5. The minimum atomic E-state index is -3.63. The first-order valence-corrected chi connectivity index (χ1v) is 8.97. The predicted octanol–water partition coefficient (Wildman–Crippen LogP) is 1.62. The monoisotopic (exact) mass is 341 g/mol. The first kappa shape index (κ1) is 17.9. The Bertz CT molecular complexity index is 703. The van der Waals surface area contributed by atoms with E-state index in [9.17, 15) is 23.4 Å². The summed E-state index contributed by atoms with van der Waals surface area (Å²) in [4.78, 5) is 11.6. The van der Waals surface area contributed by atoms with E-state index in [0.29, 0.717) is 0 Å². The van der Waals surface area contributed by atoms with E-state index >= 15 is 0 Å². The van der Waals surface area contributed by atoms with Crippen LogP contribution in [-0.4, -0.2) is 47.6 Å². The fourth-order valence-electron chi connectivity index (χ4n) is 2.85. The SMILES string of the molecule is Cc1cccc(S(=O)(=O)N2CCC(O)(C(C)(C)C(=O)O)CC2)c1. The molecule has 1 fully saturated rings. The van der Waals surface area contributed by atoms with Crippen LogP contribution in [0.15, 0.2) is 29.2 Å². The van der Waals surface area contributed by atoms with Crippen molar-refractivity contribution in [3.05, 3.63) is 29.8 Å². The summed E-state index contributed by atoms with van der Waals surface area (Å²) in [6.45, 7) is 4.97. The van der Waals surface area contributed by atoms with Gasteiger partial charge in [0.05, 0.1) is 15.9 Å². The number of aliphatic carboxylic acids is 1. The van der Waals surface area contributed by atoms with E-state index in [1.54, 1.807) is 18.2 Å². The molecule has 0 aliphatic carbocycles. The molecule has 1 heterocycles. The Hall–Kier alpha value is -1.44. The summed E-state index contributed by atoms with van der Waals surface area (Å²) < 4.78 is 26.6. The molecule has 1 aromatic carbocycles. The molecular weight excluding hydrogens is 318 g/mol. The molecule has 0 bridgehead atoms. The van der Waals surface area contributed by atoms with Crippen LogP contribution in [0.3, 0.4) is 0 Å². The van der Waals surface area contributed by atoms with Gasteiger partial charge in [0.1, 0.15) is 0 Å². The van der Waals surface area contributed by atoms with E-state index in [1.807, 2.05) is 13.0 Å². The van der Waals surface area contributed by atoms with Gasteiger partial charge >= 0.3 is 5.97 Å². The van der Waals surface area contributed by atoms with E-state index in [0.717, 1.165) is 5.56 Å². The molecule has 2 N–H and O–H groups in total. The third-order valence-corrected chi connectivity index (χ3v) is 6.77. The number of rotatable bonds is 4. The van der Waals surface area contributed by atoms with Crippen molar-refractivity contribution in [2.75, 3.05) is 13.1 Å². The molecule has 0 aromatic heterocycles. The van der Waals surface area contributed by atoms with Gasteiger partial charge in [-0.2, -0.15) is 4.31 Å². The number of carboxylic acid groups (broad SMARTS) is 1. The second kappa shape index (κ2) is 5.89. The predicted molar refractivity (Wildman–Crippen MR) is 85.5 cm³/mol. The Morgan fingerprint density at radius 3 is 2.30 bits per heavy atom. The summed E-state index contributed by atoms with van der Waals surface area (Å²) >= 11 is 0. The smallest absolute Gasteiger partial charge is 0.312 e. The molecule has 0 spiro atoms. The van der Waals surface area contributed by atoms with Crippen LogP contribution in [0.25, 0.3) is 0 Å². The summed E-state index contributed by atoms with van der Waals surface area (Å²) in [5, 5.41) is 20.0. The van der Waals surface area contributed by atoms with E-state index < -0.39 is 27.0 Å². The first-order valence-electron chi connectivity index (χ1n) is 7.53. The van der Waals surface area contributed by atoms with Crippen molar-refractivity contribution in [1.29, 1.82) is 0 Å². The van der Waals surface area contributed by atoms with Crippen LogP contribution in [0, 0.1) is 12.3 Å². The number of hydrogen-bond donors (Lipinski definition) is 2. The van der Waals surface area contributed by atoms with Crippen LogP contribution < -0.4 is 0 Å². The van der Waals surface area contributed by atoms with Crippen molar-refractivity contribution in [1.82, 2.24) is 4.31 Å². The number of piperidine rings is 1. The Kier molecular flexibility index (Phi) is 4.58. The average molecular weight is 341 g/mol. The van der Waals surface area contributed by atoms with Crippen LogP contribution in [0.4, 0.5) is 0 Å². The summed E-state index contributed by atoms with van der Waals surface area (Å²) in [7, 11) is -3.63. The third kappa shape index (κ3) is 3.13. The van der Waals surface area contributed by atoms with E-state index in [-0.39, 0.29) is 30.8 Å². The Balaban J connectivity index is 2.20. The van der Waals surface area contributed by atoms with Crippen LogP contribution in [-0.2, 0) is 14.8 Å². The topological polar surface area (TPSA) is 94.9 Å². The maximum absolute atomic E-state index is 12.7. The largest absolute Gasteiger partial charge is 0.481 e. The van der Waals surface area contributed by atoms with Gasteiger partial charge in [0.15, 0.2) is 0 Å². The van der Waals surface area contributed by atoms with Crippen molar-refractivity contribution >= 4 is 16.0 Å². The maximum atomic E-state index is 12.7. The molecule has 6 nitrogen and oxygen atoms in total. The van der Waals surface area contributed by atoms with Crippen molar-refractivity contribution in [3.8, 4) is 0 Å². The fraction of sp³-hybridized carbons (Fsp3) is 0.562. The van der Waals surface area contributed by atoms with E-state index in [1.165, 1.54) is 18.2 Å². The van der Waals surface area contributed by atoms with Crippen molar-refractivity contribution in [2.24, 2.45) is 5.41 Å². The van der Waals surface area contributed by atoms with Gasteiger partial charge in [-0.25, -0.2) is 8.42 Å². The molecule has 7 heteroatoms. The standard InChI is InChI=1S/C16H23NO5S/c1-12-5-4-6-13(11-12)23(21,22)17-9-7-16(20,8-10-17)15(2,3)14(18)19/h4-6,11,20H,7-10H2,1-3H3,(H,18,19). The summed E-state index contributed by atoms with van der Waals surface area (Å²) in [6, 6.07) is 6.67. The Morgan fingerprint density at radius 2 is 1.83 bits per heavy atom. The minimum absolute atomic E-state index is 0.0946. The molecule has 1 aromatic rings. The zero-order valence-electron chi connectivity index (χ0n) is 13.6. The number of nitrogens with zero attached hydrogens (tertiary/aromatic N) is 1. The lowest BCUT2D eigenvalue weighted by Crippen LogP contribution is -2.56. The minimum Gasteiger partial charge on any atom is -0.481 e. The highest BCUT2D eigenvalue weighted by Gasteiger charge is 2.51. The number of carboxylic acids is 1.